The lowest BCUT2D eigenvalue weighted by atomic mass is 10.1. The molecule has 0 aliphatic heterocycles. The number of rotatable bonds is 5. The maximum atomic E-state index is 10.9. The molecule has 0 radical (unpaired) electrons. The summed E-state index contributed by atoms with van der Waals surface area (Å²) in [5.41, 5.74) is 2.25. The van der Waals surface area contributed by atoms with Crippen LogP contribution < -0.4 is 0 Å². The van der Waals surface area contributed by atoms with Gasteiger partial charge in [0.25, 0.3) is 5.69 Å². The molecule has 1 atom stereocenters. The molecule has 0 aromatic heterocycles. The van der Waals surface area contributed by atoms with Crippen molar-refractivity contribution in [3.63, 3.8) is 0 Å². The second-order valence-electron chi connectivity index (χ2n) is 5.73. The van der Waals surface area contributed by atoms with E-state index < -0.39 is 11.0 Å². The van der Waals surface area contributed by atoms with E-state index in [0.717, 1.165) is 11.1 Å². The van der Waals surface area contributed by atoms with E-state index in [9.17, 15) is 10.1 Å². The van der Waals surface area contributed by atoms with Crippen LogP contribution >= 0.6 is 15.9 Å². The number of nitro groups is 1. The zero-order valence-electron chi connectivity index (χ0n) is 14.7. The van der Waals surface area contributed by atoms with Gasteiger partial charge >= 0.3 is 0 Å². The molecule has 0 amide bonds. The Bertz CT molecular complexity index is 1040. The minimum absolute atomic E-state index is 0.0203. The SMILES string of the molecule is O=[N+]([O-])c1ccc(Br)c(/C=N/O[C@@H](C#Cc2ccccc2)c2ccccc2)c1. The molecule has 3 rings (SSSR count). The van der Waals surface area contributed by atoms with Crippen molar-refractivity contribution in [3.05, 3.63) is 110 Å². The van der Waals surface area contributed by atoms with Crippen LogP contribution in [-0.4, -0.2) is 11.1 Å². The third-order valence-corrected chi connectivity index (χ3v) is 4.49. The van der Waals surface area contributed by atoms with Crippen LogP contribution in [-0.2, 0) is 4.84 Å². The van der Waals surface area contributed by atoms with Crippen LogP contribution in [0.25, 0.3) is 0 Å². The number of halogens is 1. The van der Waals surface area contributed by atoms with E-state index in [-0.39, 0.29) is 5.69 Å². The molecule has 0 bridgehead atoms. The van der Waals surface area contributed by atoms with Crippen LogP contribution in [0.1, 0.15) is 22.8 Å². The number of nitrogens with zero attached hydrogens (tertiary/aromatic N) is 2. The first-order valence-electron chi connectivity index (χ1n) is 8.38. The van der Waals surface area contributed by atoms with Gasteiger partial charge in [0.1, 0.15) is 0 Å². The highest BCUT2D eigenvalue weighted by Crippen LogP contribution is 2.22. The summed E-state index contributed by atoms with van der Waals surface area (Å²) in [6, 6.07) is 23.6. The lowest BCUT2D eigenvalue weighted by Crippen LogP contribution is -1.99. The monoisotopic (exact) mass is 434 g/mol. The van der Waals surface area contributed by atoms with Crippen molar-refractivity contribution in [3.8, 4) is 11.8 Å². The average Bonchev–Trinajstić information content (AvgIpc) is 2.73. The van der Waals surface area contributed by atoms with Crippen molar-refractivity contribution >= 4 is 27.8 Å². The molecule has 0 heterocycles. The second-order valence-corrected chi connectivity index (χ2v) is 6.58. The second kappa shape index (κ2) is 9.49. The maximum absolute atomic E-state index is 10.9. The summed E-state index contributed by atoms with van der Waals surface area (Å²) in [6.07, 6.45) is 0.854. The number of non-ortho nitro benzene ring substituents is 1. The van der Waals surface area contributed by atoms with Gasteiger partial charge in [0.15, 0.2) is 0 Å². The van der Waals surface area contributed by atoms with Crippen molar-refractivity contribution in [2.24, 2.45) is 5.16 Å². The first kappa shape index (κ1) is 19.3. The summed E-state index contributed by atoms with van der Waals surface area (Å²) in [6.45, 7) is 0. The lowest BCUT2D eigenvalue weighted by molar-refractivity contribution is -0.384. The molecule has 0 fully saturated rings. The Balaban J connectivity index is 1.83. The number of oxime groups is 1. The Morgan fingerprint density at radius 3 is 2.39 bits per heavy atom. The molecule has 28 heavy (non-hydrogen) atoms. The van der Waals surface area contributed by atoms with Gasteiger partial charge in [-0.2, -0.15) is 0 Å². The largest absolute Gasteiger partial charge is 0.374 e. The molecule has 0 unspecified atom stereocenters. The Labute approximate surface area is 170 Å². The Morgan fingerprint density at radius 2 is 1.71 bits per heavy atom. The summed E-state index contributed by atoms with van der Waals surface area (Å²) >= 11 is 3.36. The van der Waals surface area contributed by atoms with Gasteiger partial charge in [0.2, 0.25) is 6.10 Å². The number of hydrogen-bond acceptors (Lipinski definition) is 4. The first-order valence-corrected chi connectivity index (χ1v) is 9.17. The third-order valence-electron chi connectivity index (χ3n) is 3.77. The maximum Gasteiger partial charge on any atom is 0.270 e. The highest BCUT2D eigenvalue weighted by Gasteiger charge is 2.10. The summed E-state index contributed by atoms with van der Waals surface area (Å²) in [7, 11) is 0. The van der Waals surface area contributed by atoms with Gasteiger partial charge in [-0.3, -0.25) is 10.1 Å². The number of nitro benzene ring substituents is 1. The molecule has 0 aliphatic rings. The molecule has 0 aliphatic carbocycles. The Kier molecular flexibility index (Phi) is 6.55. The molecular weight excluding hydrogens is 420 g/mol. The minimum atomic E-state index is -0.574. The van der Waals surface area contributed by atoms with Gasteiger partial charge in [0.05, 0.1) is 11.1 Å². The summed E-state index contributed by atoms with van der Waals surface area (Å²) in [4.78, 5) is 16.1. The van der Waals surface area contributed by atoms with Crippen LogP contribution in [0.15, 0.2) is 88.5 Å². The molecular formula is C22H15BrN2O3. The van der Waals surface area contributed by atoms with Crippen LogP contribution in [0.2, 0.25) is 0 Å². The predicted octanol–water partition coefficient (Wildman–Crippen LogP) is 5.50. The molecule has 6 heteroatoms. The molecule has 138 valence electrons. The van der Waals surface area contributed by atoms with Crippen LogP contribution in [0.5, 0.6) is 0 Å². The molecule has 0 spiro atoms. The molecule has 0 N–H and O–H groups in total. The van der Waals surface area contributed by atoms with Crippen molar-refractivity contribution in [1.82, 2.24) is 0 Å². The fourth-order valence-corrected chi connectivity index (χ4v) is 2.71. The van der Waals surface area contributed by atoms with E-state index in [4.69, 9.17) is 4.84 Å². The van der Waals surface area contributed by atoms with Crippen LogP contribution in [0, 0.1) is 22.0 Å². The number of benzene rings is 3. The van der Waals surface area contributed by atoms with Gasteiger partial charge in [0, 0.05) is 33.3 Å². The normalized spacial score (nSPS) is 11.5. The highest BCUT2D eigenvalue weighted by molar-refractivity contribution is 9.10. The lowest BCUT2D eigenvalue weighted by Gasteiger charge is -2.09. The topological polar surface area (TPSA) is 64.7 Å². The van der Waals surface area contributed by atoms with E-state index in [2.05, 4.69) is 32.9 Å². The van der Waals surface area contributed by atoms with Gasteiger partial charge in [-0.1, -0.05) is 75.5 Å². The third kappa shape index (κ3) is 5.29. The molecule has 3 aromatic rings. The van der Waals surface area contributed by atoms with Gasteiger partial charge in [-0.05, 0) is 24.1 Å². The fourth-order valence-electron chi connectivity index (χ4n) is 2.36. The average molecular weight is 435 g/mol. The number of hydrogen-bond donors (Lipinski definition) is 0. The summed E-state index contributed by atoms with van der Waals surface area (Å²) in [5.74, 6) is 6.16. The predicted molar refractivity (Wildman–Crippen MR) is 112 cm³/mol. The van der Waals surface area contributed by atoms with Crippen molar-refractivity contribution in [2.75, 3.05) is 0 Å². The van der Waals surface area contributed by atoms with E-state index in [1.807, 2.05) is 60.7 Å². The molecule has 0 saturated heterocycles. The van der Waals surface area contributed by atoms with Crippen molar-refractivity contribution in [2.45, 2.75) is 6.10 Å². The zero-order valence-corrected chi connectivity index (χ0v) is 16.2. The van der Waals surface area contributed by atoms with E-state index in [1.54, 1.807) is 6.07 Å². The first-order chi connectivity index (χ1) is 13.6. The molecule has 0 saturated carbocycles. The van der Waals surface area contributed by atoms with E-state index in [1.165, 1.54) is 18.3 Å². The Morgan fingerprint density at radius 1 is 1.04 bits per heavy atom. The van der Waals surface area contributed by atoms with Crippen molar-refractivity contribution < 1.29 is 9.76 Å². The van der Waals surface area contributed by atoms with Crippen molar-refractivity contribution in [1.29, 1.82) is 0 Å². The summed E-state index contributed by atoms with van der Waals surface area (Å²) < 4.78 is 0.678. The molecule has 5 nitrogen and oxygen atoms in total. The summed E-state index contributed by atoms with van der Waals surface area (Å²) in [5, 5.41) is 15.0. The smallest absolute Gasteiger partial charge is 0.270 e. The zero-order chi connectivity index (χ0) is 19.8. The van der Waals surface area contributed by atoms with E-state index in [0.29, 0.717) is 10.0 Å². The van der Waals surface area contributed by atoms with Gasteiger partial charge in [-0.25, -0.2) is 0 Å². The minimum Gasteiger partial charge on any atom is -0.374 e. The van der Waals surface area contributed by atoms with E-state index >= 15 is 0 Å². The molecule has 3 aromatic carbocycles. The van der Waals surface area contributed by atoms with Gasteiger partial charge < -0.3 is 4.84 Å². The quantitative estimate of drug-likeness (QED) is 0.230. The van der Waals surface area contributed by atoms with Crippen LogP contribution in [0.4, 0.5) is 5.69 Å². The van der Waals surface area contributed by atoms with Gasteiger partial charge in [-0.15, -0.1) is 0 Å². The highest BCUT2D eigenvalue weighted by atomic mass is 79.9. The standard InChI is InChI=1S/C22H15BrN2O3/c23-21-13-12-20(25(26)27)15-19(21)16-24-28-22(18-9-5-2-6-10-18)14-11-17-7-3-1-4-8-17/h1-10,12-13,15-16,22H/b24-16+/t22-/m0/s1. The van der Waals surface area contributed by atoms with Crippen LogP contribution in [0.3, 0.4) is 0 Å². The Hall–Kier alpha value is -3.43. The fraction of sp³-hybridized carbons (Fsp3) is 0.0455.